The molecule has 3 rings (SSSR count). The first-order valence-electron chi connectivity index (χ1n) is 6.95. The van der Waals surface area contributed by atoms with Gasteiger partial charge < -0.3 is 4.74 Å². The Labute approximate surface area is 126 Å². The Bertz CT molecular complexity index is 874. The number of nitrogens with zero attached hydrogens (tertiary/aromatic N) is 2. The minimum atomic E-state index is -0.332. The Morgan fingerprint density at radius 2 is 2.05 bits per heavy atom. The van der Waals surface area contributed by atoms with E-state index in [-0.39, 0.29) is 11.4 Å². The average molecular weight is 298 g/mol. The van der Waals surface area contributed by atoms with Crippen LogP contribution in [0.25, 0.3) is 10.9 Å². The summed E-state index contributed by atoms with van der Waals surface area (Å²) in [6.45, 7) is 0.375. The first-order valence-corrected chi connectivity index (χ1v) is 6.95. The molecule has 1 heterocycles. The second-order valence-corrected chi connectivity index (χ2v) is 4.97. The van der Waals surface area contributed by atoms with Gasteiger partial charge in [-0.3, -0.25) is 9.36 Å². The average Bonchev–Trinajstić information content (AvgIpc) is 2.55. The van der Waals surface area contributed by atoms with Crippen LogP contribution in [0.4, 0.5) is 4.39 Å². The number of para-hydroxylation sites is 1. The van der Waals surface area contributed by atoms with Gasteiger partial charge in [0.1, 0.15) is 11.6 Å². The summed E-state index contributed by atoms with van der Waals surface area (Å²) in [5.74, 6) is 0.145. The molecule has 0 unspecified atom stereocenters. The Morgan fingerprint density at radius 3 is 2.82 bits per heavy atom. The SMILES string of the molecule is COc1ccc(CCn2cnc3ccccc3c2=O)c(F)c1. The number of aromatic nitrogens is 2. The molecule has 0 radical (unpaired) electrons. The number of methoxy groups -OCH3 is 1. The van der Waals surface area contributed by atoms with E-state index in [1.54, 1.807) is 30.3 Å². The van der Waals surface area contributed by atoms with Gasteiger partial charge in [-0.15, -0.1) is 0 Å². The van der Waals surface area contributed by atoms with Crippen LogP contribution in [0.1, 0.15) is 5.56 Å². The second kappa shape index (κ2) is 5.97. The molecule has 2 aromatic carbocycles. The number of aryl methyl sites for hydroxylation is 2. The predicted molar refractivity (Wildman–Crippen MR) is 82.7 cm³/mol. The van der Waals surface area contributed by atoms with Gasteiger partial charge in [0.05, 0.1) is 24.3 Å². The molecule has 3 aromatic rings. The fourth-order valence-corrected chi connectivity index (χ4v) is 2.36. The van der Waals surface area contributed by atoms with Crippen LogP contribution in [-0.4, -0.2) is 16.7 Å². The lowest BCUT2D eigenvalue weighted by molar-refractivity contribution is 0.410. The van der Waals surface area contributed by atoms with Gasteiger partial charge in [0.25, 0.3) is 5.56 Å². The van der Waals surface area contributed by atoms with Gasteiger partial charge in [-0.2, -0.15) is 0 Å². The summed E-state index contributed by atoms with van der Waals surface area (Å²) in [4.78, 5) is 16.6. The van der Waals surface area contributed by atoms with Gasteiger partial charge in [0.2, 0.25) is 0 Å². The third-order valence-corrected chi connectivity index (χ3v) is 3.61. The number of halogens is 1. The van der Waals surface area contributed by atoms with Crippen molar-refractivity contribution in [1.29, 1.82) is 0 Å². The van der Waals surface area contributed by atoms with E-state index in [1.807, 2.05) is 6.07 Å². The summed E-state index contributed by atoms with van der Waals surface area (Å²) >= 11 is 0. The lowest BCUT2D eigenvalue weighted by atomic mass is 10.1. The third kappa shape index (κ3) is 2.70. The molecule has 5 heteroatoms. The maximum atomic E-state index is 13.9. The summed E-state index contributed by atoms with van der Waals surface area (Å²) in [6.07, 6.45) is 1.92. The second-order valence-electron chi connectivity index (χ2n) is 4.97. The summed E-state index contributed by atoms with van der Waals surface area (Å²) in [7, 11) is 1.49. The third-order valence-electron chi connectivity index (χ3n) is 3.61. The van der Waals surface area contributed by atoms with Crippen LogP contribution in [-0.2, 0) is 13.0 Å². The van der Waals surface area contributed by atoms with Crippen LogP contribution in [0, 0.1) is 5.82 Å². The van der Waals surface area contributed by atoms with Gasteiger partial charge >= 0.3 is 0 Å². The molecule has 0 atom stereocenters. The molecular formula is C17H15FN2O2. The minimum Gasteiger partial charge on any atom is -0.497 e. The molecule has 0 aliphatic rings. The van der Waals surface area contributed by atoms with E-state index in [2.05, 4.69) is 4.98 Å². The summed E-state index contributed by atoms with van der Waals surface area (Å²) < 4.78 is 20.4. The highest BCUT2D eigenvalue weighted by Gasteiger charge is 2.07. The normalized spacial score (nSPS) is 10.8. The Balaban J connectivity index is 1.85. The van der Waals surface area contributed by atoms with Crippen molar-refractivity contribution in [2.75, 3.05) is 7.11 Å². The predicted octanol–water partition coefficient (Wildman–Crippen LogP) is 2.79. The van der Waals surface area contributed by atoms with Gasteiger partial charge in [0.15, 0.2) is 0 Å². The first kappa shape index (κ1) is 14.3. The van der Waals surface area contributed by atoms with Crippen molar-refractivity contribution in [1.82, 2.24) is 9.55 Å². The van der Waals surface area contributed by atoms with E-state index in [9.17, 15) is 9.18 Å². The highest BCUT2D eigenvalue weighted by Crippen LogP contribution is 2.17. The summed E-state index contributed by atoms with van der Waals surface area (Å²) in [5, 5.41) is 0.570. The molecule has 112 valence electrons. The number of benzene rings is 2. The number of rotatable bonds is 4. The zero-order chi connectivity index (χ0) is 15.5. The molecule has 0 amide bonds. The maximum absolute atomic E-state index is 13.9. The Hall–Kier alpha value is -2.69. The van der Waals surface area contributed by atoms with E-state index < -0.39 is 0 Å². The van der Waals surface area contributed by atoms with Gasteiger partial charge in [-0.05, 0) is 30.2 Å². The van der Waals surface area contributed by atoms with Crippen molar-refractivity contribution < 1.29 is 9.13 Å². The molecule has 22 heavy (non-hydrogen) atoms. The Kier molecular flexibility index (Phi) is 3.87. The van der Waals surface area contributed by atoms with Crippen molar-refractivity contribution >= 4 is 10.9 Å². The Morgan fingerprint density at radius 1 is 1.23 bits per heavy atom. The van der Waals surface area contributed by atoms with Crippen LogP contribution in [0.5, 0.6) is 5.75 Å². The highest BCUT2D eigenvalue weighted by atomic mass is 19.1. The zero-order valence-corrected chi connectivity index (χ0v) is 12.1. The van der Waals surface area contributed by atoms with E-state index in [1.165, 1.54) is 24.1 Å². The number of hydrogen-bond donors (Lipinski definition) is 0. The van der Waals surface area contributed by atoms with E-state index in [0.717, 1.165) is 0 Å². The van der Waals surface area contributed by atoms with Crippen LogP contribution < -0.4 is 10.3 Å². The molecular weight excluding hydrogens is 283 g/mol. The molecule has 0 saturated heterocycles. The summed E-state index contributed by atoms with van der Waals surface area (Å²) in [6, 6.07) is 11.9. The van der Waals surface area contributed by atoms with Crippen LogP contribution in [0.2, 0.25) is 0 Å². The number of hydrogen-bond acceptors (Lipinski definition) is 3. The number of fused-ring (bicyclic) bond motifs is 1. The molecule has 0 saturated carbocycles. The fraction of sp³-hybridized carbons (Fsp3) is 0.176. The van der Waals surface area contributed by atoms with E-state index in [0.29, 0.717) is 35.2 Å². The van der Waals surface area contributed by atoms with Crippen molar-refractivity contribution in [2.24, 2.45) is 0 Å². The van der Waals surface area contributed by atoms with Crippen LogP contribution >= 0.6 is 0 Å². The standard InChI is InChI=1S/C17H15FN2O2/c1-22-13-7-6-12(15(18)10-13)8-9-20-11-19-16-5-3-2-4-14(16)17(20)21/h2-7,10-11H,8-9H2,1H3. The fourth-order valence-electron chi connectivity index (χ4n) is 2.36. The minimum absolute atomic E-state index is 0.112. The van der Waals surface area contributed by atoms with Crippen molar-refractivity contribution in [2.45, 2.75) is 13.0 Å². The molecule has 0 fully saturated rings. The topological polar surface area (TPSA) is 44.1 Å². The van der Waals surface area contributed by atoms with Crippen LogP contribution in [0.15, 0.2) is 53.6 Å². The first-order chi connectivity index (χ1) is 10.7. The molecule has 0 aliphatic heterocycles. The molecule has 4 nitrogen and oxygen atoms in total. The van der Waals surface area contributed by atoms with Gasteiger partial charge in [0, 0.05) is 12.6 Å². The van der Waals surface area contributed by atoms with E-state index in [4.69, 9.17) is 4.74 Å². The van der Waals surface area contributed by atoms with Crippen LogP contribution in [0.3, 0.4) is 0 Å². The largest absolute Gasteiger partial charge is 0.497 e. The highest BCUT2D eigenvalue weighted by molar-refractivity contribution is 5.76. The molecule has 0 spiro atoms. The molecule has 0 bridgehead atoms. The summed E-state index contributed by atoms with van der Waals surface area (Å²) in [5.41, 5.74) is 1.10. The molecule has 0 aliphatic carbocycles. The zero-order valence-electron chi connectivity index (χ0n) is 12.1. The quantitative estimate of drug-likeness (QED) is 0.744. The van der Waals surface area contributed by atoms with Gasteiger partial charge in [-0.25, -0.2) is 9.37 Å². The molecule has 0 N–H and O–H groups in total. The number of ether oxygens (including phenoxy) is 1. The van der Waals surface area contributed by atoms with Crippen molar-refractivity contribution in [3.05, 3.63) is 70.5 Å². The lowest BCUT2D eigenvalue weighted by Crippen LogP contribution is -2.21. The molecule has 1 aromatic heterocycles. The van der Waals surface area contributed by atoms with Gasteiger partial charge in [-0.1, -0.05) is 18.2 Å². The smallest absolute Gasteiger partial charge is 0.261 e. The van der Waals surface area contributed by atoms with Crippen molar-refractivity contribution in [3.63, 3.8) is 0 Å². The van der Waals surface area contributed by atoms with E-state index >= 15 is 0 Å². The lowest BCUT2D eigenvalue weighted by Gasteiger charge is -2.08. The maximum Gasteiger partial charge on any atom is 0.261 e. The monoisotopic (exact) mass is 298 g/mol. The van der Waals surface area contributed by atoms with Crippen molar-refractivity contribution in [3.8, 4) is 5.75 Å².